The Morgan fingerprint density at radius 1 is 1.00 bits per heavy atom. The van der Waals surface area contributed by atoms with Crippen molar-refractivity contribution in [3.05, 3.63) is 53.6 Å². The Balaban J connectivity index is 1.86. The normalized spacial score (nSPS) is 14.7. The van der Waals surface area contributed by atoms with Crippen LogP contribution in [-0.2, 0) is 0 Å². The lowest BCUT2D eigenvalue weighted by atomic mass is 10.0. The lowest BCUT2D eigenvalue weighted by Crippen LogP contribution is -2.17. The van der Waals surface area contributed by atoms with Crippen molar-refractivity contribution in [3.8, 4) is 11.5 Å². The third-order valence-corrected chi connectivity index (χ3v) is 3.59. The molecule has 0 fully saturated rings. The molecule has 3 rings (SSSR count). The molecular weight excluding hydrogens is 250 g/mol. The van der Waals surface area contributed by atoms with Crippen LogP contribution in [0.1, 0.15) is 24.1 Å². The first-order valence-electron chi connectivity index (χ1n) is 6.96. The molecule has 0 saturated carbocycles. The van der Waals surface area contributed by atoms with E-state index < -0.39 is 0 Å². The zero-order chi connectivity index (χ0) is 13.9. The zero-order valence-electron chi connectivity index (χ0n) is 11.8. The van der Waals surface area contributed by atoms with E-state index in [1.54, 1.807) is 0 Å². The molecule has 0 aliphatic carbocycles. The first-order valence-corrected chi connectivity index (χ1v) is 6.96. The van der Waals surface area contributed by atoms with Crippen LogP contribution in [0.5, 0.6) is 11.5 Å². The summed E-state index contributed by atoms with van der Waals surface area (Å²) < 4.78 is 11.3. The van der Waals surface area contributed by atoms with Crippen molar-refractivity contribution >= 4 is 5.69 Å². The van der Waals surface area contributed by atoms with Gasteiger partial charge in [-0.25, -0.2) is 0 Å². The molecule has 1 atom stereocenters. The van der Waals surface area contributed by atoms with Gasteiger partial charge in [-0.05, 0) is 37.1 Å². The standard InChI is InChI=1S/C17H19NO2/c1-12-6-3-4-7-14(12)13(2)18-15-8-5-9-16-17(15)20-11-10-19-16/h3-9,13,18H,10-11H2,1-2H3. The molecule has 0 radical (unpaired) electrons. The van der Waals surface area contributed by atoms with E-state index >= 15 is 0 Å². The van der Waals surface area contributed by atoms with Gasteiger partial charge in [0.25, 0.3) is 0 Å². The topological polar surface area (TPSA) is 30.5 Å². The van der Waals surface area contributed by atoms with Crippen LogP contribution in [-0.4, -0.2) is 13.2 Å². The Bertz CT molecular complexity index is 610. The molecule has 104 valence electrons. The van der Waals surface area contributed by atoms with E-state index in [9.17, 15) is 0 Å². The van der Waals surface area contributed by atoms with Crippen molar-refractivity contribution in [3.63, 3.8) is 0 Å². The van der Waals surface area contributed by atoms with Crippen LogP contribution in [0.15, 0.2) is 42.5 Å². The molecule has 3 nitrogen and oxygen atoms in total. The van der Waals surface area contributed by atoms with E-state index in [2.05, 4.69) is 43.4 Å². The molecule has 0 spiro atoms. The lowest BCUT2D eigenvalue weighted by molar-refractivity contribution is 0.172. The highest BCUT2D eigenvalue weighted by molar-refractivity contribution is 5.64. The second-order valence-corrected chi connectivity index (χ2v) is 5.05. The van der Waals surface area contributed by atoms with Gasteiger partial charge in [-0.3, -0.25) is 0 Å². The number of para-hydroxylation sites is 1. The van der Waals surface area contributed by atoms with Gasteiger partial charge in [-0.2, -0.15) is 0 Å². The summed E-state index contributed by atoms with van der Waals surface area (Å²) in [4.78, 5) is 0. The minimum atomic E-state index is 0.216. The third-order valence-electron chi connectivity index (χ3n) is 3.59. The van der Waals surface area contributed by atoms with Gasteiger partial charge in [0.2, 0.25) is 0 Å². The summed E-state index contributed by atoms with van der Waals surface area (Å²) in [5, 5.41) is 3.52. The van der Waals surface area contributed by atoms with Crippen LogP contribution in [0.25, 0.3) is 0 Å². The maximum Gasteiger partial charge on any atom is 0.184 e. The Morgan fingerprint density at radius 3 is 2.65 bits per heavy atom. The Hall–Kier alpha value is -2.16. The molecule has 20 heavy (non-hydrogen) atoms. The van der Waals surface area contributed by atoms with Crippen molar-refractivity contribution < 1.29 is 9.47 Å². The summed E-state index contributed by atoms with van der Waals surface area (Å²) in [6.07, 6.45) is 0. The van der Waals surface area contributed by atoms with E-state index in [-0.39, 0.29) is 6.04 Å². The molecule has 3 heteroatoms. The lowest BCUT2D eigenvalue weighted by Gasteiger charge is -2.24. The van der Waals surface area contributed by atoms with Crippen molar-refractivity contribution in [2.24, 2.45) is 0 Å². The van der Waals surface area contributed by atoms with E-state index in [4.69, 9.17) is 9.47 Å². The number of hydrogen-bond acceptors (Lipinski definition) is 3. The Kier molecular flexibility index (Phi) is 3.50. The molecule has 0 amide bonds. The fourth-order valence-corrected chi connectivity index (χ4v) is 2.57. The molecule has 0 saturated heterocycles. The number of anilines is 1. The van der Waals surface area contributed by atoms with Gasteiger partial charge in [-0.1, -0.05) is 30.3 Å². The number of rotatable bonds is 3. The summed E-state index contributed by atoms with van der Waals surface area (Å²) in [5.41, 5.74) is 3.56. The first-order chi connectivity index (χ1) is 9.75. The maximum atomic E-state index is 5.73. The quantitative estimate of drug-likeness (QED) is 0.915. The largest absolute Gasteiger partial charge is 0.486 e. The van der Waals surface area contributed by atoms with Crippen LogP contribution in [0.4, 0.5) is 5.69 Å². The maximum absolute atomic E-state index is 5.73. The molecule has 1 aliphatic heterocycles. The second-order valence-electron chi connectivity index (χ2n) is 5.05. The average molecular weight is 269 g/mol. The van der Waals surface area contributed by atoms with Crippen LogP contribution in [0.3, 0.4) is 0 Å². The SMILES string of the molecule is Cc1ccccc1C(C)Nc1cccc2c1OCCO2. The number of nitrogens with one attached hydrogen (secondary N) is 1. The van der Waals surface area contributed by atoms with Gasteiger partial charge in [-0.15, -0.1) is 0 Å². The molecule has 2 aromatic carbocycles. The van der Waals surface area contributed by atoms with Gasteiger partial charge < -0.3 is 14.8 Å². The van der Waals surface area contributed by atoms with Gasteiger partial charge in [0.1, 0.15) is 13.2 Å². The number of ether oxygens (including phenoxy) is 2. The Morgan fingerprint density at radius 2 is 1.80 bits per heavy atom. The van der Waals surface area contributed by atoms with Gasteiger partial charge >= 0.3 is 0 Å². The number of aryl methyl sites for hydroxylation is 1. The van der Waals surface area contributed by atoms with Gasteiger partial charge in [0, 0.05) is 6.04 Å². The summed E-state index contributed by atoms with van der Waals surface area (Å²) in [6.45, 7) is 5.51. The first kappa shape index (κ1) is 12.9. The van der Waals surface area contributed by atoms with E-state index in [1.165, 1.54) is 11.1 Å². The fourth-order valence-electron chi connectivity index (χ4n) is 2.57. The predicted molar refractivity (Wildman–Crippen MR) is 80.6 cm³/mol. The number of hydrogen-bond donors (Lipinski definition) is 1. The van der Waals surface area contributed by atoms with E-state index in [0.717, 1.165) is 17.2 Å². The average Bonchev–Trinajstić information content (AvgIpc) is 2.48. The molecule has 0 bridgehead atoms. The van der Waals surface area contributed by atoms with E-state index in [1.807, 2.05) is 18.2 Å². The molecule has 0 aromatic heterocycles. The minimum absolute atomic E-state index is 0.216. The minimum Gasteiger partial charge on any atom is -0.486 e. The number of fused-ring (bicyclic) bond motifs is 1. The van der Waals surface area contributed by atoms with Crippen molar-refractivity contribution in [2.45, 2.75) is 19.9 Å². The van der Waals surface area contributed by atoms with Crippen molar-refractivity contribution in [1.82, 2.24) is 0 Å². The van der Waals surface area contributed by atoms with Crippen LogP contribution in [0.2, 0.25) is 0 Å². The van der Waals surface area contributed by atoms with Crippen molar-refractivity contribution in [1.29, 1.82) is 0 Å². The zero-order valence-corrected chi connectivity index (χ0v) is 11.8. The highest BCUT2D eigenvalue weighted by Gasteiger charge is 2.17. The molecule has 1 aliphatic rings. The summed E-state index contributed by atoms with van der Waals surface area (Å²) in [5.74, 6) is 1.64. The summed E-state index contributed by atoms with van der Waals surface area (Å²) in [6, 6.07) is 14.6. The van der Waals surface area contributed by atoms with Crippen molar-refractivity contribution in [2.75, 3.05) is 18.5 Å². The monoisotopic (exact) mass is 269 g/mol. The van der Waals surface area contributed by atoms with Gasteiger partial charge in [0.05, 0.1) is 5.69 Å². The predicted octanol–water partition coefficient (Wildman–Crippen LogP) is 3.94. The van der Waals surface area contributed by atoms with E-state index in [0.29, 0.717) is 13.2 Å². The summed E-state index contributed by atoms with van der Waals surface area (Å²) in [7, 11) is 0. The van der Waals surface area contributed by atoms with Gasteiger partial charge in [0.15, 0.2) is 11.5 Å². The molecule has 1 N–H and O–H groups in total. The third kappa shape index (κ3) is 2.44. The molecule has 1 heterocycles. The van der Waals surface area contributed by atoms with Crippen LogP contribution < -0.4 is 14.8 Å². The molecule has 1 unspecified atom stereocenters. The molecule has 2 aromatic rings. The summed E-state index contributed by atoms with van der Waals surface area (Å²) >= 11 is 0. The fraction of sp³-hybridized carbons (Fsp3) is 0.294. The van der Waals surface area contributed by atoms with Crippen LogP contribution >= 0.6 is 0 Å². The second kappa shape index (κ2) is 5.45. The number of benzene rings is 2. The highest BCUT2D eigenvalue weighted by atomic mass is 16.6. The smallest absolute Gasteiger partial charge is 0.184 e. The highest BCUT2D eigenvalue weighted by Crippen LogP contribution is 2.38. The molecular formula is C17H19NO2. The Labute approximate surface area is 119 Å². The van der Waals surface area contributed by atoms with Crippen LogP contribution in [0, 0.1) is 6.92 Å².